The Hall–Kier alpha value is -1.36. The van der Waals surface area contributed by atoms with Crippen LogP contribution in [0.4, 0.5) is 0 Å². The predicted octanol–water partition coefficient (Wildman–Crippen LogP) is 1.44. The van der Waals surface area contributed by atoms with Crippen molar-refractivity contribution in [1.82, 2.24) is 4.90 Å². The van der Waals surface area contributed by atoms with Gasteiger partial charge in [0.25, 0.3) is 0 Å². The Morgan fingerprint density at radius 1 is 1.30 bits per heavy atom. The van der Waals surface area contributed by atoms with Crippen LogP contribution in [0.1, 0.15) is 24.0 Å². The molecule has 0 saturated carbocycles. The zero-order chi connectivity index (χ0) is 14.8. The van der Waals surface area contributed by atoms with Gasteiger partial charge in [-0.2, -0.15) is 0 Å². The molecule has 1 amide bonds. The number of benzene rings is 1. The van der Waals surface area contributed by atoms with E-state index in [-0.39, 0.29) is 24.1 Å². The summed E-state index contributed by atoms with van der Waals surface area (Å²) in [6.07, 6.45) is 4.02. The summed E-state index contributed by atoms with van der Waals surface area (Å²) >= 11 is 0. The molecule has 1 aromatic rings. The lowest BCUT2D eigenvalue weighted by molar-refractivity contribution is -0.131. The van der Waals surface area contributed by atoms with Crippen LogP contribution in [0.5, 0.6) is 0 Å². The van der Waals surface area contributed by atoms with Gasteiger partial charge < -0.3 is 4.90 Å². The summed E-state index contributed by atoms with van der Waals surface area (Å²) in [7, 11) is -1.30. The molecule has 1 unspecified atom stereocenters. The molecule has 0 radical (unpaired) electrons. The van der Waals surface area contributed by atoms with Crippen LogP contribution in [0.3, 0.4) is 0 Å². The summed E-state index contributed by atoms with van der Waals surface area (Å²) in [5.41, 5.74) is 2.66. The van der Waals surface area contributed by atoms with E-state index in [1.54, 1.807) is 11.9 Å². The van der Waals surface area contributed by atoms with Gasteiger partial charge in [0.1, 0.15) is 9.84 Å². The van der Waals surface area contributed by atoms with E-state index in [1.165, 1.54) is 11.1 Å². The lowest BCUT2D eigenvalue weighted by atomic mass is 9.87. The zero-order valence-electron chi connectivity index (χ0n) is 12.0. The van der Waals surface area contributed by atoms with E-state index in [0.717, 1.165) is 25.5 Å². The Kier molecular flexibility index (Phi) is 4.48. The Bertz CT molecular complexity index is 595. The standard InChI is InChI=1S/C15H21NO3S/c1-16(15(17)9-10-20(2,18)19)14-8-7-12-5-3-4-6-13(12)11-14/h3-6,14H,7-11H2,1-2H3. The normalized spacial score (nSPS) is 18.4. The zero-order valence-corrected chi connectivity index (χ0v) is 12.8. The minimum Gasteiger partial charge on any atom is -0.342 e. The van der Waals surface area contributed by atoms with Crippen molar-refractivity contribution in [3.63, 3.8) is 0 Å². The number of rotatable bonds is 4. The third-order valence-corrected chi connectivity index (χ3v) is 4.89. The Morgan fingerprint density at radius 3 is 2.60 bits per heavy atom. The van der Waals surface area contributed by atoms with Gasteiger partial charge >= 0.3 is 0 Å². The summed E-state index contributed by atoms with van der Waals surface area (Å²) in [5.74, 6) is -0.153. The molecule has 20 heavy (non-hydrogen) atoms. The van der Waals surface area contributed by atoms with Crippen molar-refractivity contribution in [3.8, 4) is 0 Å². The minimum absolute atomic E-state index is 0.0700. The molecule has 0 fully saturated rings. The third-order valence-electron chi connectivity index (χ3n) is 3.95. The van der Waals surface area contributed by atoms with Crippen LogP contribution in [-0.4, -0.2) is 44.3 Å². The Balaban J connectivity index is 1.97. The maximum Gasteiger partial charge on any atom is 0.223 e. The lowest BCUT2D eigenvalue weighted by Crippen LogP contribution is -2.41. The predicted molar refractivity (Wildman–Crippen MR) is 79.4 cm³/mol. The van der Waals surface area contributed by atoms with Crippen LogP contribution in [0, 0.1) is 0 Å². The van der Waals surface area contributed by atoms with E-state index in [4.69, 9.17) is 0 Å². The molecule has 0 N–H and O–H groups in total. The van der Waals surface area contributed by atoms with Gasteiger partial charge in [-0.25, -0.2) is 8.42 Å². The number of nitrogens with zero attached hydrogens (tertiary/aromatic N) is 1. The number of fused-ring (bicyclic) bond motifs is 1. The number of hydrogen-bond acceptors (Lipinski definition) is 3. The monoisotopic (exact) mass is 295 g/mol. The first kappa shape index (κ1) is 15.0. The maximum atomic E-state index is 12.1. The van der Waals surface area contributed by atoms with Gasteiger partial charge in [-0.15, -0.1) is 0 Å². The van der Waals surface area contributed by atoms with Gasteiger partial charge in [0, 0.05) is 25.8 Å². The molecular formula is C15H21NO3S. The third kappa shape index (κ3) is 3.82. The molecule has 1 aliphatic rings. The lowest BCUT2D eigenvalue weighted by Gasteiger charge is -2.32. The number of likely N-dealkylation sites (N-methyl/N-ethyl adjacent to an activating group) is 1. The number of amides is 1. The van der Waals surface area contributed by atoms with Crippen molar-refractivity contribution < 1.29 is 13.2 Å². The Morgan fingerprint density at radius 2 is 1.95 bits per heavy atom. The fourth-order valence-corrected chi connectivity index (χ4v) is 3.21. The van der Waals surface area contributed by atoms with E-state index in [9.17, 15) is 13.2 Å². The quantitative estimate of drug-likeness (QED) is 0.844. The summed E-state index contributed by atoms with van der Waals surface area (Å²) < 4.78 is 22.3. The van der Waals surface area contributed by atoms with Crippen molar-refractivity contribution in [1.29, 1.82) is 0 Å². The van der Waals surface area contributed by atoms with Gasteiger partial charge in [0.15, 0.2) is 0 Å². The molecular weight excluding hydrogens is 274 g/mol. The van der Waals surface area contributed by atoms with E-state index in [1.807, 2.05) is 12.1 Å². The van der Waals surface area contributed by atoms with Crippen molar-refractivity contribution in [3.05, 3.63) is 35.4 Å². The molecule has 0 aliphatic heterocycles. The number of carbonyl (C=O) groups is 1. The van der Waals surface area contributed by atoms with Crippen LogP contribution < -0.4 is 0 Å². The molecule has 2 rings (SSSR count). The Labute approximate surface area is 120 Å². The second kappa shape index (κ2) is 5.95. The molecule has 0 spiro atoms. The molecule has 1 aliphatic carbocycles. The molecule has 0 saturated heterocycles. The van der Waals surface area contributed by atoms with Crippen LogP contribution in [-0.2, 0) is 27.5 Å². The molecule has 0 aromatic heterocycles. The first-order valence-corrected chi connectivity index (χ1v) is 8.93. The highest BCUT2D eigenvalue weighted by atomic mass is 32.2. The van der Waals surface area contributed by atoms with Crippen molar-refractivity contribution in [2.75, 3.05) is 19.1 Å². The van der Waals surface area contributed by atoms with Gasteiger partial charge in [0.2, 0.25) is 5.91 Å². The minimum atomic E-state index is -3.08. The largest absolute Gasteiger partial charge is 0.342 e. The first-order chi connectivity index (χ1) is 9.37. The number of sulfone groups is 1. The highest BCUT2D eigenvalue weighted by molar-refractivity contribution is 7.90. The second-order valence-electron chi connectivity index (χ2n) is 5.55. The van der Waals surface area contributed by atoms with Gasteiger partial charge in [-0.3, -0.25) is 4.79 Å². The molecule has 5 heteroatoms. The molecule has 0 bridgehead atoms. The van der Waals surface area contributed by atoms with Crippen LogP contribution in [0.15, 0.2) is 24.3 Å². The van der Waals surface area contributed by atoms with Crippen LogP contribution in [0.25, 0.3) is 0 Å². The van der Waals surface area contributed by atoms with Gasteiger partial charge in [-0.1, -0.05) is 24.3 Å². The average Bonchev–Trinajstić information content (AvgIpc) is 2.42. The summed E-state index contributed by atoms with van der Waals surface area (Å²) in [6.45, 7) is 0. The van der Waals surface area contributed by atoms with Crippen molar-refractivity contribution >= 4 is 15.7 Å². The van der Waals surface area contributed by atoms with E-state index >= 15 is 0 Å². The van der Waals surface area contributed by atoms with E-state index in [2.05, 4.69) is 12.1 Å². The van der Waals surface area contributed by atoms with Crippen LogP contribution in [0.2, 0.25) is 0 Å². The summed E-state index contributed by atoms with van der Waals surface area (Å²) in [6, 6.07) is 8.48. The number of aryl methyl sites for hydroxylation is 1. The molecule has 110 valence electrons. The molecule has 1 aromatic carbocycles. The fourth-order valence-electron chi connectivity index (χ4n) is 2.66. The fraction of sp³-hybridized carbons (Fsp3) is 0.533. The topological polar surface area (TPSA) is 54.5 Å². The summed E-state index contributed by atoms with van der Waals surface area (Å²) in [4.78, 5) is 13.8. The maximum absolute atomic E-state index is 12.1. The first-order valence-electron chi connectivity index (χ1n) is 6.87. The number of hydrogen-bond donors (Lipinski definition) is 0. The second-order valence-corrected chi connectivity index (χ2v) is 7.81. The van der Waals surface area contributed by atoms with Gasteiger partial charge in [0.05, 0.1) is 5.75 Å². The summed E-state index contributed by atoms with van der Waals surface area (Å²) in [5, 5.41) is 0. The van der Waals surface area contributed by atoms with Crippen molar-refractivity contribution in [2.45, 2.75) is 31.7 Å². The molecule has 1 atom stereocenters. The SMILES string of the molecule is CN(C(=O)CCS(C)(=O)=O)C1CCc2ccccc2C1. The smallest absolute Gasteiger partial charge is 0.223 e. The van der Waals surface area contributed by atoms with Crippen LogP contribution >= 0.6 is 0 Å². The van der Waals surface area contributed by atoms with E-state index < -0.39 is 9.84 Å². The number of carbonyl (C=O) groups excluding carboxylic acids is 1. The molecule has 0 heterocycles. The average molecular weight is 295 g/mol. The molecule has 4 nitrogen and oxygen atoms in total. The van der Waals surface area contributed by atoms with Crippen molar-refractivity contribution in [2.24, 2.45) is 0 Å². The highest BCUT2D eigenvalue weighted by Crippen LogP contribution is 2.24. The van der Waals surface area contributed by atoms with Gasteiger partial charge in [-0.05, 0) is 30.4 Å². The van der Waals surface area contributed by atoms with E-state index in [0.29, 0.717) is 0 Å². The highest BCUT2D eigenvalue weighted by Gasteiger charge is 2.25.